The lowest BCUT2D eigenvalue weighted by atomic mass is 9.81. The van der Waals surface area contributed by atoms with Gasteiger partial charge < -0.3 is 19.6 Å². The normalized spacial score (nSPS) is 25.0. The highest BCUT2D eigenvalue weighted by molar-refractivity contribution is 7.14. The molecule has 2 saturated carbocycles. The molecule has 9 heteroatoms. The molecule has 1 aliphatic heterocycles. The van der Waals surface area contributed by atoms with E-state index in [1.54, 1.807) is 6.20 Å². The second-order valence-corrected chi connectivity index (χ2v) is 14.6. The van der Waals surface area contributed by atoms with Crippen LogP contribution in [-0.4, -0.2) is 51.5 Å². The van der Waals surface area contributed by atoms with Gasteiger partial charge in [-0.25, -0.2) is 9.78 Å². The molecule has 228 valence electrons. The fourth-order valence-electron chi connectivity index (χ4n) is 6.58. The monoisotopic (exact) mass is 595 g/mol. The molecule has 42 heavy (non-hydrogen) atoms. The number of rotatable bonds is 8. The lowest BCUT2D eigenvalue weighted by molar-refractivity contribution is -0.128. The summed E-state index contributed by atoms with van der Waals surface area (Å²) in [5.41, 5.74) is 1.36. The number of amides is 2. The van der Waals surface area contributed by atoms with Crippen LogP contribution in [0.15, 0.2) is 24.4 Å². The Labute approximate surface area is 253 Å². The highest BCUT2D eigenvalue weighted by Gasteiger charge is 2.38. The van der Waals surface area contributed by atoms with Gasteiger partial charge in [0.2, 0.25) is 17.7 Å². The first kappa shape index (κ1) is 30.5. The summed E-state index contributed by atoms with van der Waals surface area (Å²) < 4.78 is 6.31. The minimum Gasteiger partial charge on any atom is -0.477 e. The quantitative estimate of drug-likeness (QED) is 0.360. The maximum atomic E-state index is 14.2. The van der Waals surface area contributed by atoms with Crippen molar-refractivity contribution < 1.29 is 24.2 Å². The van der Waals surface area contributed by atoms with Crippen LogP contribution >= 0.6 is 11.3 Å². The number of hydrogen-bond acceptors (Lipinski definition) is 6. The molecule has 0 unspecified atom stereocenters. The summed E-state index contributed by atoms with van der Waals surface area (Å²) in [6.07, 6.45) is 10.0. The van der Waals surface area contributed by atoms with Crippen LogP contribution in [0.1, 0.15) is 112 Å². The van der Waals surface area contributed by atoms with Crippen LogP contribution in [0.2, 0.25) is 0 Å². The number of carbonyl (C=O) groups excluding carboxylic acids is 2. The zero-order valence-electron chi connectivity index (χ0n) is 25.4. The van der Waals surface area contributed by atoms with Gasteiger partial charge in [0.15, 0.2) is 0 Å². The zero-order chi connectivity index (χ0) is 30.0. The Morgan fingerprint density at radius 3 is 2.43 bits per heavy atom. The van der Waals surface area contributed by atoms with Gasteiger partial charge >= 0.3 is 5.97 Å². The van der Waals surface area contributed by atoms with Crippen molar-refractivity contribution in [3.05, 3.63) is 39.7 Å². The summed E-state index contributed by atoms with van der Waals surface area (Å²) in [6, 6.07) is 5.74. The fraction of sp³-hybridized carbons (Fsp3) is 0.636. The van der Waals surface area contributed by atoms with Crippen molar-refractivity contribution >= 4 is 34.8 Å². The number of pyridine rings is 1. The lowest BCUT2D eigenvalue weighted by Crippen LogP contribution is -2.47. The van der Waals surface area contributed by atoms with Crippen LogP contribution in [0.5, 0.6) is 5.88 Å². The van der Waals surface area contributed by atoms with Gasteiger partial charge in [0.25, 0.3) is 0 Å². The van der Waals surface area contributed by atoms with Gasteiger partial charge in [-0.05, 0) is 86.8 Å². The molecule has 0 radical (unpaired) electrons. The largest absolute Gasteiger partial charge is 0.477 e. The first-order valence-electron chi connectivity index (χ1n) is 15.6. The second kappa shape index (κ2) is 12.7. The van der Waals surface area contributed by atoms with Gasteiger partial charge in [-0.2, -0.15) is 0 Å². The minimum atomic E-state index is -0.973. The average molecular weight is 596 g/mol. The van der Waals surface area contributed by atoms with Crippen molar-refractivity contribution in [3.8, 4) is 5.88 Å². The van der Waals surface area contributed by atoms with E-state index in [2.05, 4.69) is 32.7 Å². The van der Waals surface area contributed by atoms with Gasteiger partial charge in [0.1, 0.15) is 11.0 Å². The van der Waals surface area contributed by atoms with Crippen molar-refractivity contribution in [2.75, 3.05) is 11.4 Å². The Hall–Kier alpha value is -2.94. The van der Waals surface area contributed by atoms with E-state index in [1.807, 2.05) is 28.0 Å². The van der Waals surface area contributed by atoms with Crippen LogP contribution in [0.4, 0.5) is 5.69 Å². The molecular formula is C33H45N3O5S. The highest BCUT2D eigenvalue weighted by atomic mass is 32.1. The number of carboxylic acid groups (broad SMARTS) is 1. The van der Waals surface area contributed by atoms with E-state index < -0.39 is 5.97 Å². The number of likely N-dealkylation sites (tertiary alicyclic amines) is 1. The summed E-state index contributed by atoms with van der Waals surface area (Å²) in [7, 11) is 0. The Kier molecular flexibility index (Phi) is 9.26. The van der Waals surface area contributed by atoms with Crippen LogP contribution in [-0.2, 0) is 21.5 Å². The summed E-state index contributed by atoms with van der Waals surface area (Å²) >= 11 is 1.30. The molecule has 2 aromatic rings. The van der Waals surface area contributed by atoms with E-state index in [-0.39, 0.29) is 40.2 Å². The third-order valence-corrected chi connectivity index (χ3v) is 10.7. The van der Waals surface area contributed by atoms with E-state index >= 15 is 0 Å². The first-order valence-corrected chi connectivity index (χ1v) is 16.4. The molecule has 8 nitrogen and oxygen atoms in total. The molecule has 2 amide bonds. The summed E-state index contributed by atoms with van der Waals surface area (Å²) in [5, 5.41) is 10.2. The van der Waals surface area contributed by atoms with Crippen molar-refractivity contribution in [2.45, 2.75) is 116 Å². The van der Waals surface area contributed by atoms with E-state index in [0.29, 0.717) is 30.5 Å². The Bertz CT molecular complexity index is 1280. The Morgan fingerprint density at radius 1 is 1.10 bits per heavy atom. The van der Waals surface area contributed by atoms with Gasteiger partial charge in [-0.3, -0.25) is 9.59 Å². The summed E-state index contributed by atoms with van der Waals surface area (Å²) in [6.45, 7) is 9.85. The Balaban J connectivity index is 1.32. The fourth-order valence-corrected chi connectivity index (χ4v) is 7.62. The topological polar surface area (TPSA) is 100 Å². The van der Waals surface area contributed by atoms with Gasteiger partial charge in [0, 0.05) is 48.6 Å². The molecule has 5 rings (SSSR count). The number of anilines is 1. The van der Waals surface area contributed by atoms with E-state index in [9.17, 15) is 19.5 Å². The molecule has 0 bridgehead atoms. The minimum absolute atomic E-state index is 0.0311. The van der Waals surface area contributed by atoms with Crippen LogP contribution < -0.4 is 9.64 Å². The van der Waals surface area contributed by atoms with E-state index in [4.69, 9.17) is 4.74 Å². The number of hydrogen-bond donors (Lipinski definition) is 1. The highest BCUT2D eigenvalue weighted by Crippen LogP contribution is 2.42. The zero-order valence-corrected chi connectivity index (χ0v) is 26.3. The molecule has 0 spiro atoms. The number of carboxylic acids is 1. The van der Waals surface area contributed by atoms with Crippen LogP contribution in [0.25, 0.3) is 0 Å². The third kappa shape index (κ3) is 6.99. The first-order chi connectivity index (χ1) is 20.0. The number of carbonyl (C=O) groups is 3. The number of nitrogens with zero attached hydrogens (tertiary/aromatic N) is 3. The lowest BCUT2D eigenvalue weighted by Gasteiger charge is -2.39. The van der Waals surface area contributed by atoms with E-state index in [1.165, 1.54) is 11.3 Å². The van der Waals surface area contributed by atoms with Crippen LogP contribution in [0.3, 0.4) is 0 Å². The van der Waals surface area contributed by atoms with Gasteiger partial charge in [-0.1, -0.05) is 27.7 Å². The standard InChI is InChI=1S/C33H45N3O5S/c1-21-7-9-23(10-8-21)31(38)36(26-19-27(33(2,3)4)42-30(26)32(39)40)24-11-13-25(14-12-24)41-28-18-22(15-16-34-28)20-35-17-5-6-29(35)37/h15-16,18-19,21,23-25H,5-14,17,20H2,1-4H3,(H,39,40)/t21-,23-,24?,25?. The van der Waals surface area contributed by atoms with Crippen LogP contribution in [0, 0.1) is 11.8 Å². The third-order valence-electron chi connectivity index (χ3n) is 9.15. The summed E-state index contributed by atoms with van der Waals surface area (Å²) in [4.78, 5) is 48.1. The van der Waals surface area contributed by atoms with Crippen molar-refractivity contribution in [1.82, 2.24) is 9.88 Å². The molecule has 2 aromatic heterocycles. The molecule has 3 fully saturated rings. The molecule has 2 aliphatic carbocycles. The number of aromatic nitrogens is 1. The maximum absolute atomic E-state index is 14.2. The van der Waals surface area contributed by atoms with Crippen molar-refractivity contribution in [3.63, 3.8) is 0 Å². The van der Waals surface area contributed by atoms with Crippen molar-refractivity contribution in [2.24, 2.45) is 11.8 Å². The molecule has 1 N–H and O–H groups in total. The smallest absolute Gasteiger partial charge is 0.348 e. The predicted molar refractivity (Wildman–Crippen MR) is 164 cm³/mol. The van der Waals surface area contributed by atoms with Gasteiger partial charge in [0.05, 0.1) is 5.69 Å². The number of thiophene rings is 1. The molecule has 3 heterocycles. The molecular weight excluding hydrogens is 550 g/mol. The Morgan fingerprint density at radius 2 is 1.81 bits per heavy atom. The SMILES string of the molecule is CC(C)(C)c1cc(N(C(=O)[C@H]2CC[C@H](C)CC2)C2CCC(Oc3cc(CN4CCCC4=O)ccn3)CC2)c(C(=O)O)s1. The van der Waals surface area contributed by atoms with E-state index in [0.717, 1.165) is 74.8 Å². The van der Waals surface area contributed by atoms with Crippen molar-refractivity contribution in [1.29, 1.82) is 0 Å². The number of ether oxygens (including phenoxy) is 1. The van der Waals surface area contributed by atoms with Gasteiger partial charge in [-0.15, -0.1) is 11.3 Å². The molecule has 3 aliphatic rings. The number of aromatic carboxylic acids is 1. The summed E-state index contributed by atoms with van der Waals surface area (Å²) in [5.74, 6) is 0.427. The molecule has 0 aromatic carbocycles. The molecule has 0 atom stereocenters. The molecule has 1 saturated heterocycles. The maximum Gasteiger partial charge on any atom is 0.348 e. The predicted octanol–water partition coefficient (Wildman–Crippen LogP) is 6.81. The second-order valence-electron chi connectivity index (χ2n) is 13.5. The average Bonchev–Trinajstić information content (AvgIpc) is 3.57.